The number of anilines is 1. The predicted octanol–water partition coefficient (Wildman–Crippen LogP) is 3.90. The number of nitrogens with one attached hydrogen (secondary N) is 1. The molecule has 4 heteroatoms. The first-order valence-electron chi connectivity index (χ1n) is 6.49. The molecule has 0 aliphatic rings. The third kappa shape index (κ3) is 3.12. The van der Waals surface area contributed by atoms with Crippen molar-refractivity contribution >= 4 is 5.82 Å². The van der Waals surface area contributed by atoms with Crippen LogP contribution in [-0.2, 0) is 0 Å². The fraction of sp³-hybridized carbons (Fsp3) is 0.250. The zero-order chi connectivity index (χ0) is 14.5. The molecule has 0 fully saturated rings. The molecule has 0 spiro atoms. The summed E-state index contributed by atoms with van der Waals surface area (Å²) in [5.74, 6) is 0.568. The SMILES string of the molecule is CC(C)[C@H](Nc1ncccc1C#N)c1ccc(F)cc1. The van der Waals surface area contributed by atoms with E-state index >= 15 is 0 Å². The highest BCUT2D eigenvalue weighted by Gasteiger charge is 2.17. The quantitative estimate of drug-likeness (QED) is 0.915. The summed E-state index contributed by atoms with van der Waals surface area (Å²) in [6.07, 6.45) is 1.64. The standard InChI is InChI=1S/C16H16FN3/c1-11(2)15(12-5-7-14(17)8-6-12)20-16-13(10-18)4-3-9-19-16/h3-9,11,15H,1-2H3,(H,19,20)/t15-/m0/s1. The molecule has 20 heavy (non-hydrogen) atoms. The van der Waals surface area contributed by atoms with Crippen molar-refractivity contribution in [2.45, 2.75) is 19.9 Å². The van der Waals surface area contributed by atoms with E-state index in [4.69, 9.17) is 5.26 Å². The Bertz CT molecular complexity index is 614. The van der Waals surface area contributed by atoms with Crippen LogP contribution in [0.15, 0.2) is 42.6 Å². The number of halogens is 1. The van der Waals surface area contributed by atoms with Crippen molar-refractivity contribution in [3.8, 4) is 6.07 Å². The van der Waals surface area contributed by atoms with Crippen LogP contribution in [0.2, 0.25) is 0 Å². The Labute approximate surface area is 118 Å². The summed E-state index contributed by atoms with van der Waals surface area (Å²) in [5.41, 5.74) is 1.47. The lowest BCUT2D eigenvalue weighted by Gasteiger charge is -2.24. The molecule has 0 amide bonds. The molecule has 3 nitrogen and oxygen atoms in total. The normalized spacial score (nSPS) is 11.9. The molecule has 1 atom stereocenters. The summed E-state index contributed by atoms with van der Waals surface area (Å²) in [5, 5.41) is 12.4. The Morgan fingerprint density at radius 3 is 2.50 bits per heavy atom. The van der Waals surface area contributed by atoms with Gasteiger partial charge in [0.2, 0.25) is 0 Å². The van der Waals surface area contributed by atoms with Gasteiger partial charge in [-0.2, -0.15) is 5.26 Å². The Hall–Kier alpha value is -2.41. The second-order valence-electron chi connectivity index (χ2n) is 4.93. The maximum atomic E-state index is 13.0. The van der Waals surface area contributed by atoms with Crippen molar-refractivity contribution in [3.05, 3.63) is 59.5 Å². The summed E-state index contributed by atoms with van der Waals surface area (Å²) < 4.78 is 13.0. The Morgan fingerprint density at radius 1 is 1.20 bits per heavy atom. The van der Waals surface area contributed by atoms with E-state index in [1.165, 1.54) is 12.1 Å². The number of nitriles is 1. The molecular formula is C16H16FN3. The number of aromatic nitrogens is 1. The highest BCUT2D eigenvalue weighted by atomic mass is 19.1. The second kappa shape index (κ2) is 6.16. The predicted molar refractivity (Wildman–Crippen MR) is 76.6 cm³/mol. The van der Waals surface area contributed by atoms with Gasteiger partial charge in [0.05, 0.1) is 11.6 Å². The number of rotatable bonds is 4. The van der Waals surface area contributed by atoms with Crippen molar-refractivity contribution in [1.29, 1.82) is 5.26 Å². The average molecular weight is 269 g/mol. The van der Waals surface area contributed by atoms with Gasteiger partial charge in [-0.1, -0.05) is 26.0 Å². The highest BCUT2D eigenvalue weighted by Crippen LogP contribution is 2.27. The number of pyridine rings is 1. The topological polar surface area (TPSA) is 48.7 Å². The first-order chi connectivity index (χ1) is 9.61. The lowest BCUT2D eigenvalue weighted by Crippen LogP contribution is -2.18. The van der Waals surface area contributed by atoms with Crippen LogP contribution in [0.25, 0.3) is 0 Å². The van der Waals surface area contributed by atoms with Crippen LogP contribution in [0, 0.1) is 23.1 Å². The molecule has 0 radical (unpaired) electrons. The van der Waals surface area contributed by atoms with E-state index in [0.29, 0.717) is 11.4 Å². The van der Waals surface area contributed by atoms with E-state index in [-0.39, 0.29) is 17.8 Å². The molecule has 1 N–H and O–H groups in total. The zero-order valence-corrected chi connectivity index (χ0v) is 11.5. The molecule has 1 heterocycles. The lowest BCUT2D eigenvalue weighted by molar-refractivity contribution is 0.542. The van der Waals surface area contributed by atoms with Gasteiger partial charge in [0.1, 0.15) is 17.7 Å². The van der Waals surface area contributed by atoms with Crippen LogP contribution in [0.5, 0.6) is 0 Å². The number of hydrogen-bond acceptors (Lipinski definition) is 3. The average Bonchev–Trinajstić information content (AvgIpc) is 2.46. The van der Waals surface area contributed by atoms with Crippen LogP contribution in [0.3, 0.4) is 0 Å². The number of benzene rings is 1. The largest absolute Gasteiger partial charge is 0.362 e. The molecule has 0 saturated heterocycles. The van der Waals surface area contributed by atoms with Crippen LogP contribution in [-0.4, -0.2) is 4.98 Å². The van der Waals surface area contributed by atoms with Gasteiger partial charge >= 0.3 is 0 Å². The smallest absolute Gasteiger partial charge is 0.144 e. The van der Waals surface area contributed by atoms with Crippen molar-refractivity contribution in [2.75, 3.05) is 5.32 Å². The monoisotopic (exact) mass is 269 g/mol. The fourth-order valence-electron chi connectivity index (χ4n) is 2.06. The summed E-state index contributed by atoms with van der Waals surface area (Å²) in [6, 6.07) is 11.9. The molecular weight excluding hydrogens is 253 g/mol. The van der Waals surface area contributed by atoms with Crippen LogP contribution in [0.4, 0.5) is 10.2 Å². The van der Waals surface area contributed by atoms with Gasteiger partial charge in [-0.25, -0.2) is 9.37 Å². The maximum Gasteiger partial charge on any atom is 0.144 e. The molecule has 0 unspecified atom stereocenters. The van der Waals surface area contributed by atoms with Crippen molar-refractivity contribution in [2.24, 2.45) is 5.92 Å². The van der Waals surface area contributed by atoms with Gasteiger partial charge in [0, 0.05) is 6.20 Å². The first kappa shape index (κ1) is 14.0. The number of hydrogen-bond donors (Lipinski definition) is 1. The van der Waals surface area contributed by atoms with Gasteiger partial charge < -0.3 is 5.32 Å². The minimum absolute atomic E-state index is 0.0300. The molecule has 0 aliphatic carbocycles. The molecule has 1 aromatic carbocycles. The van der Waals surface area contributed by atoms with Crippen molar-refractivity contribution in [3.63, 3.8) is 0 Å². The second-order valence-corrected chi connectivity index (χ2v) is 4.93. The molecule has 1 aromatic heterocycles. The van der Waals surface area contributed by atoms with Crippen molar-refractivity contribution < 1.29 is 4.39 Å². The van der Waals surface area contributed by atoms with Gasteiger partial charge in [-0.15, -0.1) is 0 Å². The van der Waals surface area contributed by atoms with Crippen molar-refractivity contribution in [1.82, 2.24) is 4.98 Å². The van der Waals surface area contributed by atoms with Gasteiger partial charge in [-0.3, -0.25) is 0 Å². The lowest BCUT2D eigenvalue weighted by atomic mass is 9.96. The molecule has 0 saturated carbocycles. The fourth-order valence-corrected chi connectivity index (χ4v) is 2.06. The third-order valence-electron chi connectivity index (χ3n) is 3.12. The van der Waals surface area contributed by atoms with E-state index in [9.17, 15) is 4.39 Å². The van der Waals surface area contributed by atoms with E-state index in [0.717, 1.165) is 5.56 Å². The maximum absolute atomic E-state index is 13.0. The first-order valence-corrected chi connectivity index (χ1v) is 6.49. The van der Waals surface area contributed by atoms with Crippen LogP contribution < -0.4 is 5.32 Å². The van der Waals surface area contributed by atoms with E-state index in [2.05, 4.69) is 30.2 Å². The number of nitrogens with zero attached hydrogens (tertiary/aromatic N) is 2. The Balaban J connectivity index is 2.31. The van der Waals surface area contributed by atoms with Gasteiger partial charge in [-0.05, 0) is 35.7 Å². The van der Waals surface area contributed by atoms with Gasteiger partial charge in [0.15, 0.2) is 0 Å². The zero-order valence-electron chi connectivity index (χ0n) is 11.5. The highest BCUT2D eigenvalue weighted by molar-refractivity contribution is 5.52. The van der Waals surface area contributed by atoms with Gasteiger partial charge in [0.25, 0.3) is 0 Å². The molecule has 0 bridgehead atoms. The third-order valence-corrected chi connectivity index (χ3v) is 3.12. The minimum atomic E-state index is -0.258. The summed E-state index contributed by atoms with van der Waals surface area (Å²) in [4.78, 5) is 4.21. The van der Waals surface area contributed by atoms with Crippen LogP contribution >= 0.6 is 0 Å². The molecule has 2 rings (SSSR count). The van der Waals surface area contributed by atoms with E-state index < -0.39 is 0 Å². The molecule has 0 aliphatic heterocycles. The van der Waals surface area contributed by atoms with E-state index in [1.54, 1.807) is 30.5 Å². The van der Waals surface area contributed by atoms with E-state index in [1.807, 2.05) is 0 Å². The molecule has 2 aromatic rings. The Kier molecular flexibility index (Phi) is 4.31. The summed E-state index contributed by atoms with van der Waals surface area (Å²) >= 11 is 0. The summed E-state index contributed by atoms with van der Waals surface area (Å²) in [6.45, 7) is 4.13. The summed E-state index contributed by atoms with van der Waals surface area (Å²) in [7, 11) is 0. The minimum Gasteiger partial charge on any atom is -0.362 e. The molecule has 102 valence electrons. The van der Waals surface area contributed by atoms with Crippen LogP contribution in [0.1, 0.15) is 31.0 Å². The Morgan fingerprint density at radius 2 is 1.90 bits per heavy atom.